The summed E-state index contributed by atoms with van der Waals surface area (Å²) in [6.07, 6.45) is 2.19. The Morgan fingerprint density at radius 3 is 2.73 bits per heavy atom. The van der Waals surface area contributed by atoms with Crippen LogP contribution in [0.15, 0.2) is 36.5 Å². The molecule has 0 saturated carbocycles. The maximum Gasteiger partial charge on any atom is 0.344 e. The summed E-state index contributed by atoms with van der Waals surface area (Å²) in [6.45, 7) is 1.59. The van der Waals surface area contributed by atoms with Gasteiger partial charge in [0.2, 0.25) is 0 Å². The van der Waals surface area contributed by atoms with Crippen LogP contribution in [-0.2, 0) is 22.5 Å². The topological polar surface area (TPSA) is 101 Å². The molecule has 9 nitrogen and oxygen atoms in total. The van der Waals surface area contributed by atoms with Gasteiger partial charge in [0.05, 0.1) is 24.9 Å². The molecule has 1 fully saturated rings. The van der Waals surface area contributed by atoms with Gasteiger partial charge in [0.25, 0.3) is 5.91 Å². The molecule has 3 aromatic rings. The summed E-state index contributed by atoms with van der Waals surface area (Å²) in [6, 6.07) is 9.39. The molecule has 5 rings (SSSR count). The summed E-state index contributed by atoms with van der Waals surface area (Å²) >= 11 is 0. The van der Waals surface area contributed by atoms with Gasteiger partial charge < -0.3 is 19.5 Å². The van der Waals surface area contributed by atoms with E-state index in [1.807, 2.05) is 30.3 Å². The third-order valence-corrected chi connectivity index (χ3v) is 5.85. The van der Waals surface area contributed by atoms with E-state index in [-0.39, 0.29) is 23.8 Å². The SMILES string of the molecule is COC(=O)C1CN(C(=O)n2ncc3c2CCN(C(=O)c2cc4ccccc4[nH]2)C3)C1. The number of ether oxygens (including phenoxy) is 1. The molecule has 2 amide bonds. The first kappa shape index (κ1) is 18.4. The molecular formula is C21H21N5O4. The lowest BCUT2D eigenvalue weighted by atomic mass is 10.0. The highest BCUT2D eigenvalue weighted by molar-refractivity contribution is 5.98. The molecule has 0 aliphatic carbocycles. The Hall–Kier alpha value is -3.62. The molecule has 2 aromatic heterocycles. The Morgan fingerprint density at radius 2 is 1.97 bits per heavy atom. The minimum atomic E-state index is -0.298. The van der Waals surface area contributed by atoms with Gasteiger partial charge in [-0.3, -0.25) is 9.59 Å². The normalized spacial score (nSPS) is 16.3. The summed E-state index contributed by atoms with van der Waals surface area (Å²) < 4.78 is 6.11. The molecule has 1 N–H and O–H groups in total. The van der Waals surface area contributed by atoms with E-state index in [1.165, 1.54) is 11.8 Å². The van der Waals surface area contributed by atoms with Crippen LogP contribution < -0.4 is 0 Å². The molecule has 4 heterocycles. The maximum atomic E-state index is 13.0. The Morgan fingerprint density at radius 1 is 1.17 bits per heavy atom. The number of rotatable bonds is 2. The number of hydrogen-bond acceptors (Lipinski definition) is 5. The Kier molecular flexibility index (Phi) is 4.30. The highest BCUT2D eigenvalue weighted by Crippen LogP contribution is 2.24. The zero-order chi connectivity index (χ0) is 20.8. The average Bonchev–Trinajstić information content (AvgIpc) is 3.35. The highest BCUT2D eigenvalue weighted by Gasteiger charge is 2.38. The lowest BCUT2D eigenvalue weighted by Gasteiger charge is -2.37. The lowest BCUT2D eigenvalue weighted by molar-refractivity contribution is -0.149. The van der Waals surface area contributed by atoms with Crippen molar-refractivity contribution >= 4 is 28.8 Å². The number of aromatic amines is 1. The summed E-state index contributed by atoms with van der Waals surface area (Å²) in [5.74, 6) is -0.637. The molecule has 1 aromatic carbocycles. The number of amides is 2. The molecule has 0 spiro atoms. The lowest BCUT2D eigenvalue weighted by Crippen LogP contribution is -2.55. The van der Waals surface area contributed by atoms with Crippen molar-refractivity contribution in [2.75, 3.05) is 26.7 Å². The van der Waals surface area contributed by atoms with E-state index in [0.29, 0.717) is 38.3 Å². The van der Waals surface area contributed by atoms with Gasteiger partial charge in [-0.1, -0.05) is 18.2 Å². The number of nitrogens with zero attached hydrogens (tertiary/aromatic N) is 4. The fraction of sp³-hybridized carbons (Fsp3) is 0.333. The average molecular weight is 407 g/mol. The van der Waals surface area contributed by atoms with E-state index in [1.54, 1.807) is 16.0 Å². The van der Waals surface area contributed by atoms with E-state index >= 15 is 0 Å². The fourth-order valence-corrected chi connectivity index (χ4v) is 4.11. The number of likely N-dealkylation sites (tertiary alicyclic amines) is 1. The van der Waals surface area contributed by atoms with Crippen molar-refractivity contribution in [3.63, 3.8) is 0 Å². The van der Waals surface area contributed by atoms with Crippen molar-refractivity contribution in [1.82, 2.24) is 24.6 Å². The predicted octanol–water partition coefficient (Wildman–Crippen LogP) is 1.64. The number of nitrogens with one attached hydrogen (secondary N) is 1. The molecule has 9 heteroatoms. The number of fused-ring (bicyclic) bond motifs is 2. The molecule has 30 heavy (non-hydrogen) atoms. The van der Waals surface area contributed by atoms with Gasteiger partial charge in [0.15, 0.2) is 0 Å². The van der Waals surface area contributed by atoms with E-state index in [9.17, 15) is 14.4 Å². The Bertz CT molecular complexity index is 1120. The second-order valence-corrected chi connectivity index (χ2v) is 7.68. The minimum absolute atomic E-state index is 0.0698. The van der Waals surface area contributed by atoms with Gasteiger partial charge in [-0.05, 0) is 12.1 Å². The smallest absolute Gasteiger partial charge is 0.344 e. The predicted molar refractivity (Wildman–Crippen MR) is 107 cm³/mol. The highest BCUT2D eigenvalue weighted by atomic mass is 16.5. The van der Waals surface area contributed by atoms with E-state index in [0.717, 1.165) is 22.2 Å². The molecule has 2 aliphatic rings. The van der Waals surface area contributed by atoms with E-state index < -0.39 is 0 Å². The number of para-hydroxylation sites is 1. The molecule has 2 aliphatic heterocycles. The standard InChI is InChI=1S/C21H21N5O4/c1-30-20(28)15-11-25(12-15)21(29)26-18-6-7-24(10-14(18)9-22-26)19(27)17-8-13-4-2-3-5-16(13)23-17/h2-5,8-9,15,23H,6-7,10-12H2,1H3. The van der Waals surface area contributed by atoms with Crippen LogP contribution in [0, 0.1) is 5.92 Å². The number of benzene rings is 1. The third-order valence-electron chi connectivity index (χ3n) is 5.85. The minimum Gasteiger partial charge on any atom is -0.469 e. The van der Waals surface area contributed by atoms with Crippen molar-refractivity contribution < 1.29 is 19.1 Å². The van der Waals surface area contributed by atoms with Gasteiger partial charge in [-0.2, -0.15) is 9.78 Å². The van der Waals surface area contributed by atoms with Crippen LogP contribution >= 0.6 is 0 Å². The van der Waals surface area contributed by atoms with Gasteiger partial charge in [0.1, 0.15) is 5.69 Å². The number of methoxy groups -OCH3 is 1. The zero-order valence-corrected chi connectivity index (χ0v) is 16.5. The molecule has 0 bridgehead atoms. The van der Waals surface area contributed by atoms with E-state index in [4.69, 9.17) is 4.74 Å². The summed E-state index contributed by atoms with van der Waals surface area (Å²) in [5, 5.41) is 5.25. The van der Waals surface area contributed by atoms with Crippen molar-refractivity contribution in [3.05, 3.63) is 53.5 Å². The molecule has 154 valence electrons. The molecule has 0 radical (unpaired) electrons. The molecule has 0 atom stereocenters. The van der Waals surface area contributed by atoms with Crippen molar-refractivity contribution in [3.8, 4) is 0 Å². The first-order valence-corrected chi connectivity index (χ1v) is 9.85. The third kappa shape index (κ3) is 2.94. The van der Waals surface area contributed by atoms with Crippen molar-refractivity contribution in [1.29, 1.82) is 0 Å². The van der Waals surface area contributed by atoms with Gasteiger partial charge in [-0.25, -0.2) is 4.79 Å². The van der Waals surface area contributed by atoms with Crippen LogP contribution in [0.1, 0.15) is 21.7 Å². The first-order valence-electron chi connectivity index (χ1n) is 9.85. The second kappa shape index (κ2) is 7.01. The Balaban J connectivity index is 1.29. The van der Waals surface area contributed by atoms with Gasteiger partial charge in [0, 0.05) is 49.1 Å². The Labute approximate surface area is 172 Å². The largest absolute Gasteiger partial charge is 0.469 e. The quantitative estimate of drug-likeness (QED) is 0.651. The monoisotopic (exact) mass is 407 g/mol. The number of esters is 1. The van der Waals surface area contributed by atoms with Crippen molar-refractivity contribution in [2.24, 2.45) is 5.92 Å². The fourth-order valence-electron chi connectivity index (χ4n) is 4.11. The molecule has 1 saturated heterocycles. The number of carbonyl (C=O) groups excluding carboxylic acids is 3. The van der Waals surface area contributed by atoms with Crippen LogP contribution in [0.4, 0.5) is 4.79 Å². The number of carbonyl (C=O) groups is 3. The summed E-state index contributed by atoms with van der Waals surface area (Å²) in [5.41, 5.74) is 3.17. The number of hydrogen-bond donors (Lipinski definition) is 1. The molecular weight excluding hydrogens is 386 g/mol. The van der Waals surface area contributed by atoms with Crippen LogP contribution in [0.5, 0.6) is 0 Å². The van der Waals surface area contributed by atoms with Crippen LogP contribution in [0.2, 0.25) is 0 Å². The second-order valence-electron chi connectivity index (χ2n) is 7.68. The van der Waals surface area contributed by atoms with Crippen LogP contribution in [0.3, 0.4) is 0 Å². The van der Waals surface area contributed by atoms with Gasteiger partial charge in [-0.15, -0.1) is 0 Å². The first-order chi connectivity index (χ1) is 14.5. The number of aromatic nitrogens is 3. The molecule has 0 unspecified atom stereocenters. The zero-order valence-electron chi connectivity index (χ0n) is 16.5. The maximum absolute atomic E-state index is 13.0. The van der Waals surface area contributed by atoms with Crippen LogP contribution in [-0.4, -0.2) is 69.2 Å². The summed E-state index contributed by atoms with van der Waals surface area (Å²) in [7, 11) is 1.35. The van der Waals surface area contributed by atoms with Crippen molar-refractivity contribution in [2.45, 2.75) is 13.0 Å². The van der Waals surface area contributed by atoms with Crippen LogP contribution in [0.25, 0.3) is 10.9 Å². The van der Waals surface area contributed by atoms with Gasteiger partial charge >= 0.3 is 12.0 Å². The summed E-state index contributed by atoms with van der Waals surface area (Å²) in [4.78, 5) is 43.8. The van der Waals surface area contributed by atoms with E-state index in [2.05, 4.69) is 10.1 Å². The number of H-pyrrole nitrogens is 1.